The fourth-order valence-electron chi connectivity index (χ4n) is 5.93. The number of para-hydroxylation sites is 1. The lowest BCUT2D eigenvalue weighted by Gasteiger charge is -2.23. The summed E-state index contributed by atoms with van der Waals surface area (Å²) in [6, 6.07) is 44.4. The van der Waals surface area contributed by atoms with Crippen molar-refractivity contribution in [3.05, 3.63) is 160 Å². The summed E-state index contributed by atoms with van der Waals surface area (Å²) >= 11 is 10.1. The number of anilines is 1. The minimum absolute atomic E-state index is 0.223. The Morgan fingerprint density at radius 2 is 1.33 bits per heavy atom. The Balaban J connectivity index is 1.34. The van der Waals surface area contributed by atoms with E-state index in [-0.39, 0.29) is 6.04 Å². The van der Waals surface area contributed by atoms with Crippen LogP contribution < -0.4 is 5.01 Å². The molecule has 8 heteroatoms. The highest BCUT2D eigenvalue weighted by Crippen LogP contribution is 2.41. The van der Waals surface area contributed by atoms with E-state index >= 15 is 0 Å². The molecule has 1 atom stereocenters. The van der Waals surface area contributed by atoms with Gasteiger partial charge in [-0.1, -0.05) is 119 Å². The maximum atomic E-state index is 6.47. The molecule has 8 rings (SSSR count). The van der Waals surface area contributed by atoms with Crippen molar-refractivity contribution in [1.29, 1.82) is 0 Å². The highest BCUT2D eigenvalue weighted by atomic mass is 79.9. The number of halogens is 2. The molecular weight excluding hydrogens is 656 g/mol. The van der Waals surface area contributed by atoms with Crippen molar-refractivity contribution in [1.82, 2.24) is 19.7 Å². The van der Waals surface area contributed by atoms with E-state index in [1.165, 1.54) is 0 Å². The van der Waals surface area contributed by atoms with Crippen molar-refractivity contribution < 1.29 is 0 Å². The number of hydrogen-bond acceptors (Lipinski definition) is 5. The zero-order valence-corrected chi connectivity index (χ0v) is 26.8. The Morgan fingerprint density at radius 1 is 0.674 bits per heavy atom. The fraction of sp³-hybridized carbons (Fsp3) is 0.0526. The van der Waals surface area contributed by atoms with Crippen LogP contribution in [0.5, 0.6) is 0 Å². The van der Waals surface area contributed by atoms with Crippen LogP contribution in [0.1, 0.15) is 23.6 Å². The third-order valence-electron chi connectivity index (χ3n) is 8.16. The zero-order chi connectivity index (χ0) is 31.0. The molecule has 6 nitrogen and oxygen atoms in total. The summed E-state index contributed by atoms with van der Waals surface area (Å²) in [5.74, 6) is 0.511. The average Bonchev–Trinajstić information content (AvgIpc) is 3.75. The molecule has 5 aromatic carbocycles. The van der Waals surface area contributed by atoms with Crippen LogP contribution in [0.2, 0.25) is 5.02 Å². The van der Waals surface area contributed by atoms with E-state index in [0.29, 0.717) is 17.4 Å². The van der Waals surface area contributed by atoms with Gasteiger partial charge < -0.3 is 0 Å². The predicted molar refractivity (Wildman–Crippen MR) is 189 cm³/mol. The van der Waals surface area contributed by atoms with Crippen molar-refractivity contribution in [2.45, 2.75) is 12.5 Å². The van der Waals surface area contributed by atoms with Gasteiger partial charge in [0.15, 0.2) is 0 Å². The van der Waals surface area contributed by atoms with Gasteiger partial charge in [0.1, 0.15) is 0 Å². The average molecular weight is 682 g/mol. The van der Waals surface area contributed by atoms with Crippen LogP contribution in [0.25, 0.3) is 39.1 Å². The highest BCUT2D eigenvalue weighted by molar-refractivity contribution is 9.10. The van der Waals surface area contributed by atoms with Gasteiger partial charge >= 0.3 is 0 Å². The SMILES string of the molecule is Clc1ccc2nc(N3N=C(c4ccc(Br)cc4)C[C@H]3c3cn(-c4ccccc4)nc3-c3ccccc3)nc(-c3ccccc3)c2c1. The number of fused-ring (bicyclic) bond motifs is 1. The van der Waals surface area contributed by atoms with Crippen LogP contribution in [-0.2, 0) is 0 Å². The van der Waals surface area contributed by atoms with E-state index in [1.54, 1.807) is 0 Å². The zero-order valence-electron chi connectivity index (χ0n) is 24.5. The molecule has 3 heterocycles. The van der Waals surface area contributed by atoms with Crippen molar-refractivity contribution >= 4 is 50.1 Å². The predicted octanol–water partition coefficient (Wildman–Crippen LogP) is 9.92. The number of hydrogen-bond donors (Lipinski definition) is 0. The van der Waals surface area contributed by atoms with Crippen molar-refractivity contribution in [2.75, 3.05) is 5.01 Å². The summed E-state index contributed by atoms with van der Waals surface area (Å²) in [6.45, 7) is 0. The standard InChI is InChI=1S/C38H26BrClN6/c39-28-18-16-25(17-19-28)34-23-35(32-24-45(30-14-8-3-9-15-30)44-37(32)27-12-6-2-7-13-27)46(43-34)38-41-33-21-20-29(40)22-31(33)36(42-38)26-10-4-1-5-11-26/h1-22,24,35H,23H2/t35-/m0/s1. The largest absolute Gasteiger partial charge is 0.247 e. The maximum Gasteiger partial charge on any atom is 0.247 e. The Hall–Kier alpha value is -5.11. The molecular formula is C38H26BrClN6. The summed E-state index contributed by atoms with van der Waals surface area (Å²) in [7, 11) is 0. The van der Waals surface area contributed by atoms with Crippen LogP contribution in [0.4, 0.5) is 5.95 Å². The number of benzene rings is 5. The van der Waals surface area contributed by atoms with Gasteiger partial charge in [0.2, 0.25) is 5.95 Å². The van der Waals surface area contributed by atoms with Crippen LogP contribution in [0.15, 0.2) is 149 Å². The van der Waals surface area contributed by atoms with Crippen LogP contribution in [-0.4, -0.2) is 25.5 Å². The van der Waals surface area contributed by atoms with E-state index in [9.17, 15) is 0 Å². The molecule has 0 unspecified atom stereocenters. The fourth-order valence-corrected chi connectivity index (χ4v) is 6.36. The molecule has 0 fully saturated rings. The summed E-state index contributed by atoms with van der Waals surface area (Å²) in [5.41, 5.74) is 8.51. The summed E-state index contributed by atoms with van der Waals surface area (Å²) < 4.78 is 2.97. The first-order valence-corrected chi connectivity index (χ1v) is 16.1. The first-order chi connectivity index (χ1) is 22.6. The molecule has 7 aromatic rings. The summed E-state index contributed by atoms with van der Waals surface area (Å²) in [6.07, 6.45) is 2.76. The quantitative estimate of drug-likeness (QED) is 0.175. The molecule has 0 saturated carbocycles. The number of aromatic nitrogens is 4. The molecule has 0 amide bonds. The Bertz CT molecular complexity index is 2200. The lowest BCUT2D eigenvalue weighted by Crippen LogP contribution is -2.21. The summed E-state index contributed by atoms with van der Waals surface area (Å²) in [4.78, 5) is 10.3. The molecule has 0 spiro atoms. The highest BCUT2D eigenvalue weighted by Gasteiger charge is 2.35. The molecule has 1 aliphatic heterocycles. The summed E-state index contributed by atoms with van der Waals surface area (Å²) in [5, 5.41) is 13.9. The second kappa shape index (κ2) is 12.0. The molecule has 0 bridgehead atoms. The van der Waals surface area contributed by atoms with E-state index in [2.05, 4.69) is 70.7 Å². The van der Waals surface area contributed by atoms with E-state index in [4.69, 9.17) is 31.8 Å². The first kappa shape index (κ1) is 28.4. The van der Waals surface area contributed by atoms with Crippen LogP contribution in [0.3, 0.4) is 0 Å². The van der Waals surface area contributed by atoms with Gasteiger partial charge in [-0.2, -0.15) is 10.2 Å². The molecule has 0 radical (unpaired) electrons. The molecule has 1 aliphatic rings. The third-order valence-corrected chi connectivity index (χ3v) is 8.92. The monoisotopic (exact) mass is 680 g/mol. The normalized spacial score (nSPS) is 14.5. The first-order valence-electron chi connectivity index (χ1n) is 15.0. The number of nitrogens with zero attached hydrogens (tertiary/aromatic N) is 6. The Kier molecular flexibility index (Phi) is 7.40. The van der Waals surface area contributed by atoms with E-state index < -0.39 is 0 Å². The molecule has 2 aromatic heterocycles. The van der Waals surface area contributed by atoms with Gasteiger partial charge in [-0.15, -0.1) is 0 Å². The second-order valence-corrected chi connectivity index (χ2v) is 12.4. The van der Waals surface area contributed by atoms with Gasteiger partial charge in [0, 0.05) is 44.2 Å². The molecule has 222 valence electrons. The van der Waals surface area contributed by atoms with Crippen LogP contribution in [0, 0.1) is 0 Å². The van der Waals surface area contributed by atoms with Crippen molar-refractivity contribution in [3.63, 3.8) is 0 Å². The number of hydrazone groups is 1. The number of rotatable bonds is 6. The topological polar surface area (TPSA) is 59.2 Å². The Morgan fingerprint density at radius 3 is 2.02 bits per heavy atom. The lowest BCUT2D eigenvalue weighted by molar-refractivity contribution is 0.690. The third kappa shape index (κ3) is 5.38. The van der Waals surface area contributed by atoms with Gasteiger partial charge in [0.05, 0.1) is 34.3 Å². The van der Waals surface area contributed by atoms with E-state index in [1.807, 2.05) is 94.6 Å². The maximum absolute atomic E-state index is 6.47. The molecule has 0 saturated heterocycles. The molecule has 0 N–H and O–H groups in total. The minimum Gasteiger partial charge on any atom is -0.240 e. The Labute approximate surface area is 279 Å². The van der Waals surface area contributed by atoms with Crippen molar-refractivity contribution in [3.8, 4) is 28.2 Å². The van der Waals surface area contributed by atoms with Gasteiger partial charge in [0.25, 0.3) is 0 Å². The minimum atomic E-state index is -0.223. The smallest absolute Gasteiger partial charge is 0.240 e. The van der Waals surface area contributed by atoms with Gasteiger partial charge in [-0.25, -0.2) is 19.7 Å². The molecule has 0 aliphatic carbocycles. The second-order valence-electron chi connectivity index (χ2n) is 11.1. The van der Waals surface area contributed by atoms with Crippen LogP contribution >= 0.6 is 27.5 Å². The van der Waals surface area contributed by atoms with Crippen molar-refractivity contribution in [2.24, 2.45) is 5.10 Å². The van der Waals surface area contributed by atoms with E-state index in [0.717, 1.165) is 60.4 Å². The van der Waals surface area contributed by atoms with Gasteiger partial charge in [-0.05, 0) is 48.0 Å². The lowest BCUT2D eigenvalue weighted by atomic mass is 9.96. The van der Waals surface area contributed by atoms with Gasteiger partial charge in [-0.3, -0.25) is 0 Å². The molecule has 46 heavy (non-hydrogen) atoms.